The van der Waals surface area contributed by atoms with Crippen molar-refractivity contribution in [1.29, 1.82) is 5.26 Å². The van der Waals surface area contributed by atoms with Crippen molar-refractivity contribution in [2.75, 3.05) is 77.3 Å². The average molecular weight is 925 g/mol. The van der Waals surface area contributed by atoms with E-state index in [4.69, 9.17) is 23.7 Å². The summed E-state index contributed by atoms with van der Waals surface area (Å²) in [5.74, 6) is 2.09. The van der Waals surface area contributed by atoms with E-state index < -0.39 is 0 Å². The van der Waals surface area contributed by atoms with Crippen LogP contribution in [0.2, 0.25) is 0 Å². The average Bonchev–Trinajstić information content (AvgIpc) is 4.11. The van der Waals surface area contributed by atoms with E-state index in [1.54, 1.807) is 17.3 Å². The Bertz CT molecular complexity index is 2190. The molecule has 0 N–H and O–H groups in total. The first kappa shape index (κ1) is 47.3. The second-order valence-electron chi connectivity index (χ2n) is 16.4. The van der Waals surface area contributed by atoms with Crippen molar-refractivity contribution in [2.45, 2.75) is 71.8 Å². The third-order valence-corrected chi connectivity index (χ3v) is 11.9. The highest BCUT2D eigenvalue weighted by molar-refractivity contribution is 9.10. The molecule has 334 valence electrons. The Labute approximate surface area is 379 Å². The molecule has 1 saturated carbocycles. The summed E-state index contributed by atoms with van der Waals surface area (Å²) in [5.41, 5.74) is 6.84. The van der Waals surface area contributed by atoms with E-state index in [2.05, 4.69) is 36.9 Å². The van der Waals surface area contributed by atoms with Crippen molar-refractivity contribution in [2.24, 2.45) is 5.92 Å². The lowest BCUT2D eigenvalue weighted by molar-refractivity contribution is -0.145. The minimum atomic E-state index is -0.331. The molecule has 1 saturated heterocycles. The van der Waals surface area contributed by atoms with E-state index in [0.717, 1.165) is 50.4 Å². The van der Waals surface area contributed by atoms with Gasteiger partial charge in [-0.25, -0.2) is 0 Å². The molecule has 1 aliphatic heterocycles. The topological polar surface area (TPSA) is 153 Å². The van der Waals surface area contributed by atoms with E-state index in [1.165, 1.54) is 12.8 Å². The number of nitriles is 1. The van der Waals surface area contributed by atoms with Crippen LogP contribution in [0.15, 0.2) is 71.5 Å². The first-order valence-electron chi connectivity index (χ1n) is 21.8. The van der Waals surface area contributed by atoms with Gasteiger partial charge in [0, 0.05) is 67.1 Å². The number of carbonyl (C=O) groups excluding carboxylic acids is 3. The summed E-state index contributed by atoms with van der Waals surface area (Å²) in [6.45, 7) is 10.1. The van der Waals surface area contributed by atoms with Crippen molar-refractivity contribution < 1.29 is 38.1 Å². The molecular weight excluding hydrogens is 866 g/mol. The zero-order chi connectivity index (χ0) is 44.6. The fourth-order valence-electron chi connectivity index (χ4n) is 7.18. The Kier molecular flexibility index (Phi) is 18.0. The molecular formula is C49H58BrN5O8. The van der Waals surface area contributed by atoms with Crippen LogP contribution in [-0.4, -0.2) is 111 Å². The van der Waals surface area contributed by atoms with Gasteiger partial charge in [0.2, 0.25) is 5.91 Å². The van der Waals surface area contributed by atoms with Gasteiger partial charge in [-0.2, -0.15) is 5.26 Å². The molecule has 2 fully saturated rings. The molecule has 2 heterocycles. The number of anilines is 1. The van der Waals surface area contributed by atoms with Gasteiger partial charge in [-0.05, 0) is 105 Å². The first-order valence-corrected chi connectivity index (χ1v) is 22.6. The lowest BCUT2D eigenvalue weighted by Gasteiger charge is -2.33. The number of hydrogen-bond donors (Lipinski definition) is 0. The minimum Gasteiger partial charge on any atom is -0.494 e. The molecule has 0 bridgehead atoms. The van der Waals surface area contributed by atoms with Gasteiger partial charge in [0.05, 0.1) is 69.0 Å². The summed E-state index contributed by atoms with van der Waals surface area (Å²) in [6, 6.07) is 19.7. The standard InChI is InChI=1S/C49H58BrN5O8/c1-34-21-42(11-10-39(34)26-51)55(29-38-5-6-38)30-43(56)12-7-37-8-13-45(14-9-37)61-17-4-16-59-19-20-60-33-49(58)54-15-18-62-46(31-54)32-63-48-22-35(2)47(50)24-40(48)23-44(57)25-41-28-52-36(3)27-53-41/h8-11,13-14,21-22,24,27-28,38,46H,4-7,12,15-20,23,25,29-33H2,1-3H3/t46-/m0/s1. The molecule has 1 aromatic heterocycles. The number of amides is 1. The second kappa shape index (κ2) is 24.0. The predicted molar refractivity (Wildman–Crippen MR) is 242 cm³/mol. The van der Waals surface area contributed by atoms with Gasteiger partial charge in [-0.1, -0.05) is 28.1 Å². The zero-order valence-corrected chi connectivity index (χ0v) is 38.2. The van der Waals surface area contributed by atoms with Crippen molar-refractivity contribution in [3.8, 4) is 17.6 Å². The molecule has 63 heavy (non-hydrogen) atoms. The number of aromatic nitrogens is 2. The summed E-state index contributed by atoms with van der Waals surface area (Å²) in [7, 11) is 0. The van der Waals surface area contributed by atoms with Crippen LogP contribution in [0.3, 0.4) is 0 Å². The number of Topliss-reactive ketones (excluding diaryl/α,β-unsaturated/α-hetero) is 2. The number of rotatable bonds is 25. The maximum absolute atomic E-state index is 13.0. The number of morpholine rings is 1. The normalized spacial score (nSPS) is 14.8. The molecule has 1 aliphatic carbocycles. The van der Waals surface area contributed by atoms with Crippen molar-refractivity contribution in [3.63, 3.8) is 0 Å². The first-order chi connectivity index (χ1) is 30.5. The van der Waals surface area contributed by atoms with Gasteiger partial charge in [0.15, 0.2) is 5.78 Å². The SMILES string of the molecule is Cc1cnc(CC(=O)Cc2cc(Br)c(C)cc2OC[C@@H]2CN(C(=O)COCCOCCCOc3ccc(CCC(=O)CN(CC4CC4)c4ccc(C#N)c(C)c4)cc3)CCO2)cn1. The Morgan fingerprint density at radius 3 is 2.46 bits per heavy atom. The van der Waals surface area contributed by atoms with Crippen LogP contribution in [0.4, 0.5) is 5.69 Å². The summed E-state index contributed by atoms with van der Waals surface area (Å²) >= 11 is 3.58. The van der Waals surface area contributed by atoms with Gasteiger partial charge >= 0.3 is 0 Å². The Hall–Kier alpha value is -5.20. The zero-order valence-electron chi connectivity index (χ0n) is 36.6. The van der Waals surface area contributed by atoms with E-state index >= 15 is 0 Å². The van der Waals surface area contributed by atoms with Gasteiger partial charge in [-0.15, -0.1) is 0 Å². The van der Waals surface area contributed by atoms with Crippen molar-refractivity contribution in [3.05, 3.63) is 111 Å². The monoisotopic (exact) mass is 923 g/mol. The number of halogens is 1. The fraction of sp³-hybridized carbons (Fsp3) is 0.469. The van der Waals surface area contributed by atoms with Gasteiger partial charge in [-0.3, -0.25) is 24.4 Å². The number of ether oxygens (including phenoxy) is 5. The van der Waals surface area contributed by atoms with Gasteiger partial charge < -0.3 is 33.5 Å². The molecule has 0 spiro atoms. The molecule has 13 nitrogen and oxygen atoms in total. The highest BCUT2D eigenvalue weighted by atomic mass is 79.9. The lowest BCUT2D eigenvalue weighted by Crippen LogP contribution is -2.48. The summed E-state index contributed by atoms with van der Waals surface area (Å²) in [5, 5.41) is 9.31. The summed E-state index contributed by atoms with van der Waals surface area (Å²) in [4.78, 5) is 51.4. The Balaban J connectivity index is 0.813. The minimum absolute atomic E-state index is 0.000301. The molecule has 0 unspecified atom stereocenters. The molecule has 3 aromatic carbocycles. The number of benzene rings is 3. The van der Waals surface area contributed by atoms with Crippen LogP contribution < -0.4 is 14.4 Å². The van der Waals surface area contributed by atoms with Crippen LogP contribution in [0, 0.1) is 38.0 Å². The fourth-order valence-corrected chi connectivity index (χ4v) is 7.57. The lowest BCUT2D eigenvalue weighted by atomic mass is 10.0. The smallest absolute Gasteiger partial charge is 0.248 e. The number of nitrogens with zero attached hydrogens (tertiary/aromatic N) is 5. The summed E-state index contributed by atoms with van der Waals surface area (Å²) in [6.07, 6.45) is 7.54. The molecule has 1 atom stereocenters. The highest BCUT2D eigenvalue weighted by Crippen LogP contribution is 2.32. The molecule has 1 amide bonds. The third kappa shape index (κ3) is 15.5. The maximum atomic E-state index is 13.0. The Morgan fingerprint density at radius 1 is 0.905 bits per heavy atom. The quantitative estimate of drug-likeness (QED) is 0.0635. The van der Waals surface area contributed by atoms with E-state index in [9.17, 15) is 19.6 Å². The third-order valence-electron chi connectivity index (χ3n) is 11.0. The molecule has 2 aliphatic rings. The molecule has 14 heteroatoms. The van der Waals surface area contributed by atoms with Crippen LogP contribution in [-0.2, 0) is 47.9 Å². The Morgan fingerprint density at radius 2 is 1.71 bits per heavy atom. The van der Waals surface area contributed by atoms with Crippen molar-refractivity contribution in [1.82, 2.24) is 14.9 Å². The summed E-state index contributed by atoms with van der Waals surface area (Å²) < 4.78 is 30.2. The number of ketones is 2. The van der Waals surface area contributed by atoms with E-state index in [0.29, 0.717) is 94.9 Å². The van der Waals surface area contributed by atoms with E-state index in [1.807, 2.05) is 75.4 Å². The van der Waals surface area contributed by atoms with Crippen molar-refractivity contribution >= 4 is 39.1 Å². The van der Waals surface area contributed by atoms with E-state index in [-0.39, 0.29) is 49.6 Å². The predicted octanol–water partition coefficient (Wildman–Crippen LogP) is 6.92. The van der Waals surface area contributed by atoms with Gasteiger partial charge in [0.25, 0.3) is 0 Å². The number of carbonyl (C=O) groups is 3. The van der Waals surface area contributed by atoms with Crippen LogP contribution in [0.25, 0.3) is 0 Å². The molecule has 4 aromatic rings. The largest absolute Gasteiger partial charge is 0.494 e. The highest BCUT2D eigenvalue weighted by Gasteiger charge is 2.27. The molecule has 6 rings (SSSR count). The van der Waals surface area contributed by atoms with Crippen LogP contribution in [0.1, 0.15) is 64.9 Å². The van der Waals surface area contributed by atoms with Crippen LogP contribution >= 0.6 is 15.9 Å². The molecule has 0 radical (unpaired) electrons. The van der Waals surface area contributed by atoms with Gasteiger partial charge in [0.1, 0.15) is 36.6 Å². The maximum Gasteiger partial charge on any atom is 0.248 e. The second-order valence-corrected chi connectivity index (χ2v) is 17.2. The number of hydrogen-bond acceptors (Lipinski definition) is 12. The number of aryl methyl sites for hydroxylation is 4. The van der Waals surface area contributed by atoms with Crippen LogP contribution in [0.5, 0.6) is 11.5 Å².